The van der Waals surface area contributed by atoms with Crippen LogP contribution in [0.15, 0.2) is 43.0 Å². The Balaban J connectivity index is 1.66. The van der Waals surface area contributed by atoms with Crippen LogP contribution in [0.5, 0.6) is 0 Å². The highest BCUT2D eigenvalue weighted by molar-refractivity contribution is 5.73. The summed E-state index contributed by atoms with van der Waals surface area (Å²) in [6.07, 6.45) is -2.61. The highest BCUT2D eigenvalue weighted by Gasteiger charge is 2.50. The first-order valence-corrected chi connectivity index (χ1v) is 10.2. The maximum Gasteiger partial charge on any atom is 0.311 e. The molecule has 31 heavy (non-hydrogen) atoms. The number of fused-ring (bicyclic) bond motifs is 1. The summed E-state index contributed by atoms with van der Waals surface area (Å²) in [6.45, 7) is 6.75. The molecule has 3 rings (SSSR count). The molecule has 2 N–H and O–H groups in total. The van der Waals surface area contributed by atoms with E-state index in [2.05, 4.69) is 11.9 Å². The number of nitrogens with one attached hydrogen (secondary N) is 1. The number of carbonyl (C=O) groups excluding carboxylic acids is 2. The molecule has 9 nitrogen and oxygen atoms in total. The second-order valence-electron chi connectivity index (χ2n) is 7.59. The third kappa shape index (κ3) is 5.90. The van der Waals surface area contributed by atoms with Crippen LogP contribution in [0.1, 0.15) is 25.7 Å². The Hall–Kier alpha value is -2.30. The van der Waals surface area contributed by atoms with Crippen molar-refractivity contribution in [2.75, 3.05) is 19.8 Å². The topological polar surface area (TPSA) is 113 Å². The van der Waals surface area contributed by atoms with Crippen LogP contribution in [0.3, 0.4) is 0 Å². The number of benzene rings is 1. The first-order chi connectivity index (χ1) is 14.9. The molecule has 9 heteroatoms. The number of amides is 1. The van der Waals surface area contributed by atoms with Crippen LogP contribution in [0, 0.1) is 5.92 Å². The normalized spacial score (nSPS) is 31.2. The Labute approximate surface area is 181 Å². The highest BCUT2D eigenvalue weighted by atomic mass is 16.7. The molecule has 0 aliphatic carbocycles. The van der Waals surface area contributed by atoms with Crippen LogP contribution in [-0.2, 0) is 33.3 Å². The number of aliphatic hydroxyl groups is 1. The van der Waals surface area contributed by atoms with Crippen molar-refractivity contribution in [3.63, 3.8) is 0 Å². The molecule has 1 aromatic rings. The number of ether oxygens (including phenoxy) is 5. The van der Waals surface area contributed by atoms with Crippen molar-refractivity contribution in [2.45, 2.75) is 50.8 Å². The molecule has 2 saturated heterocycles. The standard InChI is InChI=1S/C22H29NO8/c1-4-10-27-20(26)13(2)11-28-22-17(23-14(3)24)18(25)19-16(30-22)12-29-21(31-19)15-8-6-5-7-9-15/h4-9,13,16-19,21-22,25H,1,10-12H2,2-3H3,(H,23,24)/t13-,16?,17?,18+,19-,21?,22+/m0/s1. The number of hydrogen-bond donors (Lipinski definition) is 2. The van der Waals surface area contributed by atoms with Gasteiger partial charge in [-0.05, 0) is 6.92 Å². The van der Waals surface area contributed by atoms with Gasteiger partial charge >= 0.3 is 5.97 Å². The number of rotatable bonds is 8. The van der Waals surface area contributed by atoms with Crippen molar-refractivity contribution in [1.82, 2.24) is 5.32 Å². The second kappa shape index (κ2) is 10.8. The molecule has 0 spiro atoms. The van der Waals surface area contributed by atoms with E-state index in [-0.39, 0.29) is 25.7 Å². The molecule has 0 aromatic heterocycles. The van der Waals surface area contributed by atoms with Gasteiger partial charge in [0.15, 0.2) is 12.6 Å². The van der Waals surface area contributed by atoms with Crippen LogP contribution in [0.2, 0.25) is 0 Å². The summed E-state index contributed by atoms with van der Waals surface area (Å²) in [5.74, 6) is -1.37. The molecule has 170 valence electrons. The van der Waals surface area contributed by atoms with E-state index < -0.39 is 48.8 Å². The number of aliphatic hydroxyl groups excluding tert-OH is 1. The van der Waals surface area contributed by atoms with E-state index in [1.54, 1.807) is 6.92 Å². The Kier molecular flexibility index (Phi) is 8.16. The smallest absolute Gasteiger partial charge is 0.311 e. The van der Waals surface area contributed by atoms with Gasteiger partial charge in [0.25, 0.3) is 0 Å². The van der Waals surface area contributed by atoms with Gasteiger partial charge in [0, 0.05) is 12.5 Å². The van der Waals surface area contributed by atoms with Crippen molar-refractivity contribution < 1.29 is 38.4 Å². The predicted octanol–water partition coefficient (Wildman–Crippen LogP) is 1.07. The van der Waals surface area contributed by atoms with Crippen molar-refractivity contribution >= 4 is 11.9 Å². The molecule has 0 saturated carbocycles. The molecule has 1 aromatic carbocycles. The van der Waals surface area contributed by atoms with Gasteiger partial charge in [-0.15, -0.1) is 0 Å². The van der Waals surface area contributed by atoms with E-state index in [1.807, 2.05) is 30.3 Å². The van der Waals surface area contributed by atoms with Gasteiger partial charge in [-0.2, -0.15) is 0 Å². The summed E-state index contributed by atoms with van der Waals surface area (Å²) in [7, 11) is 0. The fourth-order valence-electron chi connectivity index (χ4n) is 3.49. The minimum Gasteiger partial charge on any atom is -0.461 e. The highest BCUT2D eigenvalue weighted by Crippen LogP contribution is 2.34. The lowest BCUT2D eigenvalue weighted by Gasteiger charge is -2.47. The van der Waals surface area contributed by atoms with Crippen molar-refractivity contribution in [1.29, 1.82) is 0 Å². The third-order valence-corrected chi connectivity index (χ3v) is 5.06. The zero-order valence-corrected chi connectivity index (χ0v) is 17.6. The van der Waals surface area contributed by atoms with Crippen LogP contribution in [0.4, 0.5) is 0 Å². The van der Waals surface area contributed by atoms with E-state index in [0.717, 1.165) is 5.56 Å². The molecular formula is C22H29NO8. The van der Waals surface area contributed by atoms with Gasteiger partial charge in [-0.25, -0.2) is 0 Å². The molecule has 0 bridgehead atoms. The monoisotopic (exact) mass is 435 g/mol. The second-order valence-corrected chi connectivity index (χ2v) is 7.59. The molecule has 3 unspecified atom stereocenters. The lowest BCUT2D eigenvalue weighted by atomic mass is 9.95. The average Bonchev–Trinajstić information content (AvgIpc) is 2.78. The Bertz CT molecular complexity index is 757. The van der Waals surface area contributed by atoms with Gasteiger partial charge in [0.1, 0.15) is 31.0 Å². The minimum atomic E-state index is -1.11. The zero-order chi connectivity index (χ0) is 22.4. The zero-order valence-electron chi connectivity index (χ0n) is 17.6. The van der Waals surface area contributed by atoms with Gasteiger partial charge in [-0.3, -0.25) is 9.59 Å². The SMILES string of the molecule is C=CCOC(=O)[C@@H](C)CO[C@@H]1OC2COC(c3ccccc3)O[C@@H]2[C@H](O)C1NC(C)=O. The van der Waals surface area contributed by atoms with Crippen molar-refractivity contribution in [3.8, 4) is 0 Å². The number of hydrogen-bond acceptors (Lipinski definition) is 8. The lowest BCUT2D eigenvalue weighted by molar-refractivity contribution is -0.344. The van der Waals surface area contributed by atoms with Crippen molar-refractivity contribution in [2.24, 2.45) is 5.92 Å². The van der Waals surface area contributed by atoms with Gasteiger partial charge < -0.3 is 34.1 Å². The fraction of sp³-hybridized carbons (Fsp3) is 0.545. The molecule has 0 radical (unpaired) electrons. The number of carbonyl (C=O) groups is 2. The molecule has 2 aliphatic rings. The summed E-state index contributed by atoms with van der Waals surface area (Å²) in [5.41, 5.74) is 0.814. The van der Waals surface area contributed by atoms with Gasteiger partial charge in [0.05, 0.1) is 19.1 Å². The molecule has 7 atom stereocenters. The largest absolute Gasteiger partial charge is 0.461 e. The minimum absolute atomic E-state index is 0.0187. The van der Waals surface area contributed by atoms with E-state index in [9.17, 15) is 14.7 Å². The van der Waals surface area contributed by atoms with E-state index >= 15 is 0 Å². The first kappa shape index (κ1) is 23.4. The number of esters is 1. The van der Waals surface area contributed by atoms with Crippen LogP contribution in [0.25, 0.3) is 0 Å². The molecular weight excluding hydrogens is 406 g/mol. The predicted molar refractivity (Wildman–Crippen MR) is 109 cm³/mol. The lowest BCUT2D eigenvalue weighted by Crippen LogP contribution is -2.66. The van der Waals surface area contributed by atoms with Crippen molar-refractivity contribution in [3.05, 3.63) is 48.6 Å². The van der Waals surface area contributed by atoms with Gasteiger partial charge in [-0.1, -0.05) is 43.0 Å². The summed E-state index contributed by atoms with van der Waals surface area (Å²) in [5, 5.41) is 13.6. The summed E-state index contributed by atoms with van der Waals surface area (Å²) in [4.78, 5) is 23.7. The first-order valence-electron chi connectivity index (χ1n) is 10.2. The molecule has 2 fully saturated rings. The summed E-state index contributed by atoms with van der Waals surface area (Å²) in [6, 6.07) is 8.47. The summed E-state index contributed by atoms with van der Waals surface area (Å²) >= 11 is 0. The van der Waals surface area contributed by atoms with E-state index in [0.29, 0.717) is 0 Å². The third-order valence-electron chi connectivity index (χ3n) is 5.06. The van der Waals surface area contributed by atoms with Crippen LogP contribution in [-0.4, -0.2) is 67.4 Å². The van der Waals surface area contributed by atoms with Gasteiger partial charge in [0.2, 0.25) is 5.91 Å². The fourth-order valence-corrected chi connectivity index (χ4v) is 3.49. The maximum atomic E-state index is 11.9. The Morgan fingerprint density at radius 2 is 2.06 bits per heavy atom. The molecule has 2 aliphatic heterocycles. The molecule has 1 amide bonds. The Morgan fingerprint density at radius 3 is 2.74 bits per heavy atom. The van der Waals surface area contributed by atoms with Crippen LogP contribution < -0.4 is 5.32 Å². The summed E-state index contributed by atoms with van der Waals surface area (Å²) < 4.78 is 28.5. The average molecular weight is 435 g/mol. The molecule has 2 heterocycles. The maximum absolute atomic E-state index is 11.9. The van der Waals surface area contributed by atoms with E-state index in [1.165, 1.54) is 13.0 Å². The Morgan fingerprint density at radius 1 is 1.32 bits per heavy atom. The van der Waals surface area contributed by atoms with E-state index in [4.69, 9.17) is 23.7 Å². The quantitative estimate of drug-likeness (QED) is 0.461. The van der Waals surface area contributed by atoms with Crippen LogP contribution >= 0.6 is 0 Å².